The molecule has 0 spiro atoms. The van der Waals surface area contributed by atoms with Gasteiger partial charge in [-0.15, -0.1) is 6.58 Å². The fourth-order valence-electron chi connectivity index (χ4n) is 3.36. The number of aromatic nitrogens is 1. The lowest BCUT2D eigenvalue weighted by Crippen LogP contribution is -2.01. The summed E-state index contributed by atoms with van der Waals surface area (Å²) in [6, 6.07) is 12.9. The van der Waals surface area contributed by atoms with Crippen molar-refractivity contribution in [2.75, 3.05) is 0 Å². The van der Waals surface area contributed by atoms with Crippen LogP contribution in [0.25, 0.3) is 0 Å². The number of aryl methyl sites for hydroxylation is 1. The number of rotatable bonds is 11. The van der Waals surface area contributed by atoms with Gasteiger partial charge in [-0.05, 0) is 50.5 Å². The van der Waals surface area contributed by atoms with Crippen molar-refractivity contribution in [2.45, 2.75) is 71.6 Å². The van der Waals surface area contributed by atoms with Crippen LogP contribution >= 0.6 is 0 Å². The topological polar surface area (TPSA) is 26.0 Å². The van der Waals surface area contributed by atoms with Crippen LogP contribution in [0.5, 0.6) is 0 Å². The molecule has 0 aliphatic carbocycles. The molecule has 0 radical (unpaired) electrons. The minimum atomic E-state index is 0.501. The summed E-state index contributed by atoms with van der Waals surface area (Å²) in [4.78, 5) is 0. The van der Waals surface area contributed by atoms with Gasteiger partial charge in [-0.1, -0.05) is 61.3 Å². The van der Waals surface area contributed by atoms with Gasteiger partial charge in [0.25, 0.3) is 0 Å². The standard InChI is InChI=1S/C23H33NO/c1-5-9-21(14-12-18(2)3)23-17-22(25-24-23)15-13-19(4)16-20-10-7-6-8-11-20/h6-8,10-11,17,19,21H,2,5,9,12-16H2,1,3-4H3. The summed E-state index contributed by atoms with van der Waals surface area (Å²) >= 11 is 0. The minimum absolute atomic E-state index is 0.501. The van der Waals surface area contributed by atoms with Gasteiger partial charge in [0.05, 0.1) is 5.69 Å². The molecule has 0 aliphatic heterocycles. The molecule has 1 aromatic carbocycles. The number of nitrogens with zero attached hydrogens (tertiary/aromatic N) is 1. The van der Waals surface area contributed by atoms with Gasteiger partial charge in [0, 0.05) is 18.4 Å². The van der Waals surface area contributed by atoms with Crippen molar-refractivity contribution in [1.29, 1.82) is 0 Å². The van der Waals surface area contributed by atoms with Crippen LogP contribution in [0.1, 0.15) is 75.8 Å². The second kappa shape index (κ2) is 10.2. The van der Waals surface area contributed by atoms with Crippen LogP contribution in [0.15, 0.2) is 53.1 Å². The monoisotopic (exact) mass is 339 g/mol. The lowest BCUT2D eigenvalue weighted by molar-refractivity contribution is 0.358. The third-order valence-corrected chi connectivity index (χ3v) is 4.86. The second-order valence-corrected chi connectivity index (χ2v) is 7.53. The van der Waals surface area contributed by atoms with Crippen LogP contribution in [0.4, 0.5) is 0 Å². The molecule has 0 saturated heterocycles. The van der Waals surface area contributed by atoms with Crippen molar-refractivity contribution in [3.05, 3.63) is 65.6 Å². The highest BCUT2D eigenvalue weighted by molar-refractivity contribution is 5.15. The van der Waals surface area contributed by atoms with E-state index in [2.05, 4.69) is 68.9 Å². The molecule has 0 aliphatic rings. The largest absolute Gasteiger partial charge is 0.361 e. The summed E-state index contributed by atoms with van der Waals surface area (Å²) in [5.41, 5.74) is 3.80. The third-order valence-electron chi connectivity index (χ3n) is 4.86. The van der Waals surface area contributed by atoms with E-state index in [0.717, 1.165) is 43.6 Å². The van der Waals surface area contributed by atoms with Crippen LogP contribution in [-0.4, -0.2) is 5.16 Å². The fourth-order valence-corrected chi connectivity index (χ4v) is 3.36. The first-order valence-electron chi connectivity index (χ1n) is 9.72. The van der Waals surface area contributed by atoms with Crippen LogP contribution in [0, 0.1) is 5.92 Å². The summed E-state index contributed by atoms with van der Waals surface area (Å²) < 4.78 is 5.63. The summed E-state index contributed by atoms with van der Waals surface area (Å²) in [7, 11) is 0. The highest BCUT2D eigenvalue weighted by Crippen LogP contribution is 2.28. The Hall–Kier alpha value is -1.83. The zero-order chi connectivity index (χ0) is 18.1. The first-order valence-corrected chi connectivity index (χ1v) is 9.72. The molecule has 25 heavy (non-hydrogen) atoms. The van der Waals surface area contributed by atoms with E-state index in [4.69, 9.17) is 4.52 Å². The Morgan fingerprint density at radius 3 is 2.60 bits per heavy atom. The number of hydrogen-bond acceptors (Lipinski definition) is 2. The molecule has 1 aromatic heterocycles. The van der Waals surface area contributed by atoms with E-state index in [0.29, 0.717) is 11.8 Å². The molecule has 1 heterocycles. The molecule has 0 N–H and O–H groups in total. The number of allylic oxidation sites excluding steroid dienone is 1. The van der Waals surface area contributed by atoms with Crippen LogP contribution in [-0.2, 0) is 12.8 Å². The fraction of sp³-hybridized carbons (Fsp3) is 0.522. The van der Waals surface area contributed by atoms with Crippen LogP contribution < -0.4 is 0 Å². The average molecular weight is 340 g/mol. The Labute approximate surface area is 153 Å². The van der Waals surface area contributed by atoms with Crippen molar-refractivity contribution in [2.24, 2.45) is 5.92 Å². The molecular formula is C23H33NO. The van der Waals surface area contributed by atoms with E-state index in [1.165, 1.54) is 24.0 Å². The molecule has 136 valence electrons. The molecule has 2 heteroatoms. The Bertz CT molecular complexity index is 629. The normalized spacial score (nSPS) is 13.6. The van der Waals surface area contributed by atoms with Gasteiger partial charge in [0.15, 0.2) is 0 Å². The molecular weight excluding hydrogens is 306 g/mol. The number of hydrogen-bond donors (Lipinski definition) is 0. The molecule has 0 amide bonds. The number of benzene rings is 1. The Morgan fingerprint density at radius 2 is 1.92 bits per heavy atom. The van der Waals surface area contributed by atoms with E-state index in [1.54, 1.807) is 0 Å². The Kier molecular flexibility index (Phi) is 7.97. The predicted molar refractivity (Wildman–Crippen MR) is 106 cm³/mol. The Morgan fingerprint density at radius 1 is 1.16 bits per heavy atom. The van der Waals surface area contributed by atoms with Gasteiger partial charge in [-0.3, -0.25) is 0 Å². The van der Waals surface area contributed by atoms with Gasteiger partial charge >= 0.3 is 0 Å². The maximum Gasteiger partial charge on any atom is 0.137 e. The van der Waals surface area contributed by atoms with Gasteiger partial charge in [-0.25, -0.2) is 0 Å². The van der Waals surface area contributed by atoms with Crippen molar-refractivity contribution >= 4 is 0 Å². The van der Waals surface area contributed by atoms with E-state index in [9.17, 15) is 0 Å². The highest BCUT2D eigenvalue weighted by atomic mass is 16.5. The summed E-state index contributed by atoms with van der Waals surface area (Å²) in [6.45, 7) is 10.7. The molecule has 0 fully saturated rings. The lowest BCUT2D eigenvalue weighted by Gasteiger charge is -2.12. The molecule has 0 bridgehead atoms. The smallest absolute Gasteiger partial charge is 0.137 e. The molecule has 2 unspecified atom stereocenters. The van der Waals surface area contributed by atoms with Crippen LogP contribution in [0.3, 0.4) is 0 Å². The average Bonchev–Trinajstić information content (AvgIpc) is 3.06. The Balaban J connectivity index is 1.85. The van der Waals surface area contributed by atoms with Crippen molar-refractivity contribution in [3.63, 3.8) is 0 Å². The van der Waals surface area contributed by atoms with Gasteiger partial charge in [0.1, 0.15) is 5.76 Å². The van der Waals surface area contributed by atoms with Gasteiger partial charge in [-0.2, -0.15) is 0 Å². The predicted octanol–water partition coefficient (Wildman–Crippen LogP) is 6.73. The van der Waals surface area contributed by atoms with Crippen molar-refractivity contribution < 1.29 is 4.52 Å². The maximum atomic E-state index is 5.63. The maximum absolute atomic E-state index is 5.63. The lowest BCUT2D eigenvalue weighted by atomic mass is 9.92. The first-order chi connectivity index (χ1) is 12.1. The van der Waals surface area contributed by atoms with E-state index >= 15 is 0 Å². The minimum Gasteiger partial charge on any atom is -0.361 e. The molecule has 2 nitrogen and oxygen atoms in total. The highest BCUT2D eigenvalue weighted by Gasteiger charge is 2.16. The SMILES string of the molecule is C=C(C)CCC(CCC)c1cc(CCC(C)Cc2ccccc2)on1. The van der Waals surface area contributed by atoms with Gasteiger partial charge in [0.2, 0.25) is 0 Å². The van der Waals surface area contributed by atoms with Crippen molar-refractivity contribution in [3.8, 4) is 0 Å². The quantitative estimate of drug-likeness (QED) is 0.424. The van der Waals surface area contributed by atoms with Gasteiger partial charge < -0.3 is 4.52 Å². The molecule has 0 saturated carbocycles. The van der Waals surface area contributed by atoms with Crippen LogP contribution in [0.2, 0.25) is 0 Å². The van der Waals surface area contributed by atoms with E-state index < -0.39 is 0 Å². The summed E-state index contributed by atoms with van der Waals surface area (Å²) in [5, 5.41) is 4.37. The summed E-state index contributed by atoms with van der Waals surface area (Å²) in [5.74, 6) is 2.18. The third kappa shape index (κ3) is 6.89. The molecule has 2 atom stereocenters. The first kappa shape index (κ1) is 19.5. The summed E-state index contributed by atoms with van der Waals surface area (Å²) in [6.07, 6.45) is 7.77. The second-order valence-electron chi connectivity index (χ2n) is 7.53. The molecule has 2 rings (SSSR count). The van der Waals surface area contributed by atoms with E-state index in [-0.39, 0.29) is 0 Å². The zero-order valence-electron chi connectivity index (χ0n) is 16.1. The van der Waals surface area contributed by atoms with Crippen molar-refractivity contribution in [1.82, 2.24) is 5.16 Å². The zero-order valence-corrected chi connectivity index (χ0v) is 16.1. The van der Waals surface area contributed by atoms with E-state index in [1.807, 2.05) is 0 Å². The molecule has 2 aromatic rings.